The van der Waals surface area contributed by atoms with Crippen molar-refractivity contribution in [3.63, 3.8) is 0 Å². The van der Waals surface area contributed by atoms with Crippen molar-refractivity contribution in [2.45, 2.75) is 51.7 Å². The first-order chi connectivity index (χ1) is 15.0. The largest absolute Gasteiger partial charge is 0.497 e. The molecule has 0 amide bonds. The summed E-state index contributed by atoms with van der Waals surface area (Å²) in [5.41, 5.74) is 3.54. The summed E-state index contributed by atoms with van der Waals surface area (Å²) >= 11 is 0. The number of rotatable bonds is 7. The van der Waals surface area contributed by atoms with Crippen LogP contribution in [0.5, 0.6) is 11.5 Å². The number of fused-ring (bicyclic) bond motifs is 1. The molecule has 2 aromatic carbocycles. The van der Waals surface area contributed by atoms with Gasteiger partial charge in [0.2, 0.25) is 0 Å². The van der Waals surface area contributed by atoms with E-state index in [1.165, 1.54) is 11.1 Å². The van der Waals surface area contributed by atoms with E-state index in [1.807, 2.05) is 22.9 Å². The zero-order chi connectivity index (χ0) is 22.0. The summed E-state index contributed by atoms with van der Waals surface area (Å²) in [7, 11) is 3.38. The van der Waals surface area contributed by atoms with Gasteiger partial charge in [0.15, 0.2) is 5.82 Å². The second kappa shape index (κ2) is 9.88. The maximum atomic E-state index is 5.78. The lowest BCUT2D eigenvalue weighted by atomic mass is 9.94. The lowest BCUT2D eigenvalue weighted by molar-refractivity contribution is 0.178. The Labute approximate surface area is 196 Å². The highest BCUT2D eigenvalue weighted by atomic mass is 35.5. The van der Waals surface area contributed by atoms with Gasteiger partial charge in [0.1, 0.15) is 17.5 Å². The van der Waals surface area contributed by atoms with Gasteiger partial charge in [0.05, 0.1) is 19.8 Å². The van der Waals surface area contributed by atoms with Crippen LogP contribution in [0.2, 0.25) is 0 Å². The van der Waals surface area contributed by atoms with Crippen molar-refractivity contribution >= 4 is 12.4 Å². The molecule has 1 atom stereocenters. The van der Waals surface area contributed by atoms with Crippen LogP contribution >= 0.6 is 12.4 Å². The standard InChI is InChI=1S/C24H31N5O2.ClH/c1-6-24(2,3)29-23(25-26-27-29)22(20-15-19(30-4)11-12-21(20)31-5)28-14-13-17-9-7-8-10-18(17)16-28;/h7-12,15,22H,6,13-14,16H2,1-5H3;1H. The van der Waals surface area contributed by atoms with Crippen LogP contribution < -0.4 is 9.47 Å². The molecule has 8 heteroatoms. The molecule has 32 heavy (non-hydrogen) atoms. The molecule has 0 saturated carbocycles. The molecule has 2 heterocycles. The minimum atomic E-state index is -0.211. The molecule has 4 rings (SSSR count). The molecule has 3 aromatic rings. The molecule has 0 saturated heterocycles. The number of halogens is 1. The van der Waals surface area contributed by atoms with Crippen LogP contribution in [-0.2, 0) is 18.5 Å². The quantitative estimate of drug-likeness (QED) is 0.523. The second-order valence-corrected chi connectivity index (χ2v) is 8.61. The molecular formula is C24H32ClN5O2. The van der Waals surface area contributed by atoms with E-state index in [0.717, 1.165) is 48.8 Å². The van der Waals surface area contributed by atoms with Crippen LogP contribution in [0.1, 0.15) is 55.7 Å². The summed E-state index contributed by atoms with van der Waals surface area (Å²) in [6, 6.07) is 14.4. The van der Waals surface area contributed by atoms with Gasteiger partial charge in [-0.15, -0.1) is 17.5 Å². The van der Waals surface area contributed by atoms with E-state index in [1.54, 1.807) is 14.2 Å². The van der Waals surface area contributed by atoms with Crippen molar-refractivity contribution in [1.29, 1.82) is 0 Å². The summed E-state index contributed by atoms with van der Waals surface area (Å²) < 4.78 is 13.3. The van der Waals surface area contributed by atoms with Crippen LogP contribution in [0.25, 0.3) is 0 Å². The van der Waals surface area contributed by atoms with Crippen LogP contribution in [0, 0.1) is 0 Å². The Morgan fingerprint density at radius 3 is 2.50 bits per heavy atom. The predicted octanol–water partition coefficient (Wildman–Crippen LogP) is 4.40. The van der Waals surface area contributed by atoms with Crippen molar-refractivity contribution < 1.29 is 9.47 Å². The van der Waals surface area contributed by atoms with E-state index in [0.29, 0.717) is 0 Å². The van der Waals surface area contributed by atoms with Crippen LogP contribution in [0.4, 0.5) is 0 Å². The first kappa shape index (κ1) is 24.0. The molecule has 0 radical (unpaired) electrons. The zero-order valence-electron chi connectivity index (χ0n) is 19.4. The molecule has 0 spiro atoms. The van der Waals surface area contributed by atoms with E-state index in [2.05, 4.69) is 65.5 Å². The minimum absolute atomic E-state index is 0. The van der Waals surface area contributed by atoms with Crippen LogP contribution in [-0.4, -0.2) is 45.9 Å². The molecule has 1 aliphatic rings. The van der Waals surface area contributed by atoms with Gasteiger partial charge in [0.25, 0.3) is 0 Å². The molecule has 0 fully saturated rings. The first-order valence-electron chi connectivity index (χ1n) is 10.8. The van der Waals surface area contributed by atoms with Gasteiger partial charge in [-0.3, -0.25) is 4.90 Å². The highest BCUT2D eigenvalue weighted by molar-refractivity contribution is 5.85. The zero-order valence-corrected chi connectivity index (χ0v) is 20.2. The third-order valence-corrected chi connectivity index (χ3v) is 6.43. The second-order valence-electron chi connectivity index (χ2n) is 8.61. The number of ether oxygens (including phenoxy) is 2. The molecular weight excluding hydrogens is 426 g/mol. The van der Waals surface area contributed by atoms with E-state index in [-0.39, 0.29) is 24.0 Å². The van der Waals surface area contributed by atoms with Gasteiger partial charge in [-0.05, 0) is 66.4 Å². The van der Waals surface area contributed by atoms with Crippen molar-refractivity contribution in [3.8, 4) is 11.5 Å². The topological polar surface area (TPSA) is 65.3 Å². The van der Waals surface area contributed by atoms with Crippen molar-refractivity contribution in [2.75, 3.05) is 20.8 Å². The highest BCUT2D eigenvalue weighted by Gasteiger charge is 2.35. The third-order valence-electron chi connectivity index (χ3n) is 6.43. The molecule has 0 N–H and O–H groups in total. The average molecular weight is 458 g/mol. The van der Waals surface area contributed by atoms with Gasteiger partial charge in [-0.1, -0.05) is 31.2 Å². The van der Waals surface area contributed by atoms with Crippen molar-refractivity contribution in [1.82, 2.24) is 25.1 Å². The molecule has 7 nitrogen and oxygen atoms in total. The van der Waals surface area contributed by atoms with Gasteiger partial charge >= 0.3 is 0 Å². The lowest BCUT2D eigenvalue weighted by Crippen LogP contribution is -2.39. The van der Waals surface area contributed by atoms with Gasteiger partial charge in [-0.25, -0.2) is 4.68 Å². The Kier molecular flexibility index (Phi) is 7.41. The molecule has 0 aliphatic carbocycles. The number of methoxy groups -OCH3 is 2. The Hall–Kier alpha value is -2.64. The fourth-order valence-corrected chi connectivity index (χ4v) is 4.24. The number of hydrogen-bond acceptors (Lipinski definition) is 6. The summed E-state index contributed by atoms with van der Waals surface area (Å²) in [6.07, 6.45) is 1.90. The lowest BCUT2D eigenvalue weighted by Gasteiger charge is -2.37. The predicted molar refractivity (Wildman–Crippen MR) is 127 cm³/mol. The number of hydrogen-bond donors (Lipinski definition) is 0. The van der Waals surface area contributed by atoms with Crippen LogP contribution in [0.3, 0.4) is 0 Å². The molecule has 1 aliphatic heterocycles. The Balaban J connectivity index is 0.00000289. The number of tetrazole rings is 1. The van der Waals surface area contributed by atoms with E-state index < -0.39 is 0 Å². The molecule has 0 bridgehead atoms. The minimum Gasteiger partial charge on any atom is -0.497 e. The summed E-state index contributed by atoms with van der Waals surface area (Å²) in [4.78, 5) is 2.44. The van der Waals surface area contributed by atoms with E-state index in [9.17, 15) is 0 Å². The summed E-state index contributed by atoms with van der Waals surface area (Å²) in [5.74, 6) is 2.40. The fraction of sp³-hybridized carbons (Fsp3) is 0.458. The first-order valence-corrected chi connectivity index (χ1v) is 10.8. The molecule has 172 valence electrons. The van der Waals surface area contributed by atoms with Crippen molar-refractivity contribution in [3.05, 3.63) is 65.0 Å². The normalized spacial score (nSPS) is 14.9. The third kappa shape index (κ3) is 4.45. The number of aromatic nitrogens is 4. The monoisotopic (exact) mass is 457 g/mol. The van der Waals surface area contributed by atoms with Gasteiger partial charge < -0.3 is 9.47 Å². The smallest absolute Gasteiger partial charge is 0.173 e. The van der Waals surface area contributed by atoms with E-state index in [4.69, 9.17) is 9.47 Å². The Bertz CT molecular complexity index is 1050. The number of benzene rings is 2. The van der Waals surface area contributed by atoms with Crippen molar-refractivity contribution in [2.24, 2.45) is 0 Å². The van der Waals surface area contributed by atoms with E-state index >= 15 is 0 Å². The highest BCUT2D eigenvalue weighted by Crippen LogP contribution is 2.39. The maximum absolute atomic E-state index is 5.78. The summed E-state index contributed by atoms with van der Waals surface area (Å²) in [6.45, 7) is 8.21. The molecule has 1 aromatic heterocycles. The fourth-order valence-electron chi connectivity index (χ4n) is 4.24. The summed E-state index contributed by atoms with van der Waals surface area (Å²) in [5, 5.41) is 13.0. The molecule has 1 unspecified atom stereocenters. The average Bonchev–Trinajstić information content (AvgIpc) is 3.29. The Morgan fingerprint density at radius 1 is 1.06 bits per heavy atom. The van der Waals surface area contributed by atoms with Gasteiger partial charge in [-0.2, -0.15) is 0 Å². The maximum Gasteiger partial charge on any atom is 0.173 e. The van der Waals surface area contributed by atoms with Gasteiger partial charge in [0, 0.05) is 18.7 Å². The number of nitrogens with zero attached hydrogens (tertiary/aromatic N) is 5. The Morgan fingerprint density at radius 2 is 1.81 bits per heavy atom. The SMILES string of the molecule is CCC(C)(C)n1nnnc1C(c1cc(OC)ccc1OC)N1CCc2ccccc2C1.Cl. The van der Waals surface area contributed by atoms with Crippen LogP contribution in [0.15, 0.2) is 42.5 Å².